The standard InChI is InChI=1S/C25H24N2O2/c1-17-14-18(2)24(27-15-17)12-7-13-26-25(28)29-16-23-21-10-5-3-8-19(21)20-9-4-6-11-22(20)23/h3-12,14-15,23H,13,16H2,1-2H3,(H,26,28). The molecule has 0 saturated carbocycles. The summed E-state index contributed by atoms with van der Waals surface area (Å²) in [7, 11) is 0. The molecule has 2 aromatic carbocycles. The second-order valence-corrected chi connectivity index (χ2v) is 7.32. The summed E-state index contributed by atoms with van der Waals surface area (Å²) in [6.07, 6.45) is 5.22. The highest BCUT2D eigenvalue weighted by Gasteiger charge is 2.28. The molecule has 4 heteroatoms. The van der Waals surface area contributed by atoms with E-state index >= 15 is 0 Å². The summed E-state index contributed by atoms with van der Waals surface area (Å²) in [5.41, 5.74) is 8.02. The van der Waals surface area contributed by atoms with E-state index in [1.807, 2.05) is 56.5 Å². The molecule has 29 heavy (non-hydrogen) atoms. The molecule has 1 aromatic heterocycles. The number of fused-ring (bicyclic) bond motifs is 3. The molecular weight excluding hydrogens is 360 g/mol. The molecular formula is C25H24N2O2. The summed E-state index contributed by atoms with van der Waals surface area (Å²) in [5, 5.41) is 2.78. The van der Waals surface area contributed by atoms with Gasteiger partial charge in [-0.15, -0.1) is 0 Å². The molecule has 146 valence electrons. The van der Waals surface area contributed by atoms with E-state index in [1.54, 1.807) is 0 Å². The van der Waals surface area contributed by atoms with Crippen LogP contribution in [0, 0.1) is 13.8 Å². The molecule has 4 rings (SSSR count). The Bertz CT molecular complexity index is 1030. The number of ether oxygens (including phenoxy) is 1. The highest BCUT2D eigenvalue weighted by atomic mass is 16.5. The Morgan fingerprint density at radius 2 is 1.72 bits per heavy atom. The summed E-state index contributed by atoms with van der Waals surface area (Å²) < 4.78 is 5.53. The Morgan fingerprint density at radius 3 is 2.38 bits per heavy atom. The summed E-state index contributed by atoms with van der Waals surface area (Å²) in [4.78, 5) is 16.6. The predicted molar refractivity (Wildman–Crippen MR) is 116 cm³/mol. The van der Waals surface area contributed by atoms with Crippen LogP contribution in [0.15, 0.2) is 66.9 Å². The number of hydrogen-bond donors (Lipinski definition) is 1. The van der Waals surface area contributed by atoms with Gasteiger partial charge in [0.1, 0.15) is 6.61 Å². The summed E-state index contributed by atoms with van der Waals surface area (Å²) in [6.45, 7) is 4.76. The number of amides is 1. The van der Waals surface area contributed by atoms with E-state index in [0.717, 1.165) is 16.8 Å². The van der Waals surface area contributed by atoms with Crippen molar-refractivity contribution in [3.63, 3.8) is 0 Å². The first-order valence-corrected chi connectivity index (χ1v) is 9.82. The third kappa shape index (κ3) is 4.06. The Labute approximate surface area is 171 Å². The number of carbonyl (C=O) groups is 1. The second kappa shape index (κ2) is 8.31. The number of carbonyl (C=O) groups excluding carboxylic acids is 1. The zero-order chi connectivity index (χ0) is 20.2. The van der Waals surface area contributed by atoms with Gasteiger partial charge >= 0.3 is 6.09 Å². The van der Waals surface area contributed by atoms with E-state index in [4.69, 9.17) is 4.74 Å². The van der Waals surface area contributed by atoms with Crippen molar-refractivity contribution in [3.05, 3.63) is 94.8 Å². The van der Waals surface area contributed by atoms with Crippen molar-refractivity contribution in [1.29, 1.82) is 0 Å². The van der Waals surface area contributed by atoms with Gasteiger partial charge in [0.15, 0.2) is 0 Å². The molecule has 1 aliphatic rings. The molecule has 3 aromatic rings. The van der Waals surface area contributed by atoms with E-state index in [-0.39, 0.29) is 5.92 Å². The first-order valence-electron chi connectivity index (χ1n) is 9.82. The lowest BCUT2D eigenvalue weighted by Gasteiger charge is -2.14. The summed E-state index contributed by atoms with van der Waals surface area (Å²) in [6, 6.07) is 18.7. The Morgan fingerprint density at radius 1 is 1.07 bits per heavy atom. The maximum atomic E-state index is 12.2. The predicted octanol–water partition coefficient (Wildman–Crippen LogP) is 5.25. The largest absolute Gasteiger partial charge is 0.449 e. The van der Waals surface area contributed by atoms with Crippen molar-refractivity contribution < 1.29 is 9.53 Å². The SMILES string of the molecule is Cc1cnc(C=CCNC(=O)OCC2c3ccccc3-c3ccccc32)c(C)c1. The number of aryl methyl sites for hydroxylation is 2. The van der Waals surface area contributed by atoms with Gasteiger partial charge in [0.2, 0.25) is 0 Å². The van der Waals surface area contributed by atoms with Crippen molar-refractivity contribution in [3.8, 4) is 11.1 Å². The van der Waals surface area contributed by atoms with Crippen LogP contribution in [0.3, 0.4) is 0 Å². The first kappa shape index (κ1) is 18.9. The Balaban J connectivity index is 1.34. The maximum Gasteiger partial charge on any atom is 0.407 e. The molecule has 0 unspecified atom stereocenters. The molecule has 1 heterocycles. The van der Waals surface area contributed by atoms with Crippen LogP contribution in [-0.2, 0) is 4.74 Å². The number of aromatic nitrogens is 1. The fourth-order valence-corrected chi connectivity index (χ4v) is 3.86. The van der Waals surface area contributed by atoms with Gasteiger partial charge in [-0.1, -0.05) is 60.7 Å². The van der Waals surface area contributed by atoms with E-state index in [0.29, 0.717) is 13.2 Å². The lowest BCUT2D eigenvalue weighted by molar-refractivity contribution is 0.144. The minimum Gasteiger partial charge on any atom is -0.449 e. The van der Waals surface area contributed by atoms with Crippen LogP contribution in [0.5, 0.6) is 0 Å². The summed E-state index contributed by atoms with van der Waals surface area (Å²) in [5.74, 6) is 0.0723. The number of hydrogen-bond acceptors (Lipinski definition) is 3. The van der Waals surface area contributed by atoms with Crippen LogP contribution in [-0.4, -0.2) is 24.2 Å². The van der Waals surface area contributed by atoms with Crippen LogP contribution in [0.1, 0.15) is 33.9 Å². The molecule has 0 fully saturated rings. The van der Waals surface area contributed by atoms with Crippen molar-refractivity contribution >= 4 is 12.2 Å². The van der Waals surface area contributed by atoms with Crippen LogP contribution in [0.4, 0.5) is 4.79 Å². The van der Waals surface area contributed by atoms with E-state index < -0.39 is 6.09 Å². The zero-order valence-electron chi connectivity index (χ0n) is 16.7. The van der Waals surface area contributed by atoms with Gasteiger partial charge in [0, 0.05) is 18.7 Å². The number of rotatable bonds is 5. The molecule has 1 aliphatic carbocycles. The maximum absolute atomic E-state index is 12.2. The second-order valence-electron chi connectivity index (χ2n) is 7.32. The molecule has 0 atom stereocenters. The average molecular weight is 384 g/mol. The summed E-state index contributed by atoms with van der Waals surface area (Å²) >= 11 is 0. The first-order chi connectivity index (χ1) is 14.1. The monoisotopic (exact) mass is 384 g/mol. The zero-order valence-corrected chi connectivity index (χ0v) is 16.7. The lowest BCUT2D eigenvalue weighted by atomic mass is 9.98. The molecule has 4 nitrogen and oxygen atoms in total. The highest BCUT2D eigenvalue weighted by Crippen LogP contribution is 2.44. The third-order valence-corrected chi connectivity index (χ3v) is 5.24. The minimum atomic E-state index is -0.412. The molecule has 0 saturated heterocycles. The molecule has 0 spiro atoms. The van der Waals surface area contributed by atoms with E-state index in [9.17, 15) is 4.79 Å². The van der Waals surface area contributed by atoms with Crippen molar-refractivity contribution in [2.24, 2.45) is 0 Å². The van der Waals surface area contributed by atoms with Gasteiger partial charge in [0.25, 0.3) is 0 Å². The number of benzene rings is 2. The highest BCUT2D eigenvalue weighted by molar-refractivity contribution is 5.79. The van der Waals surface area contributed by atoms with Gasteiger partial charge in [-0.25, -0.2) is 4.79 Å². The van der Waals surface area contributed by atoms with E-state index in [1.165, 1.54) is 22.3 Å². The average Bonchev–Trinajstić information content (AvgIpc) is 3.05. The van der Waals surface area contributed by atoms with Crippen LogP contribution in [0.2, 0.25) is 0 Å². The van der Waals surface area contributed by atoms with Gasteiger partial charge in [-0.3, -0.25) is 4.98 Å². The molecule has 0 bridgehead atoms. The van der Waals surface area contributed by atoms with Gasteiger partial charge in [-0.05, 0) is 53.3 Å². The van der Waals surface area contributed by atoms with Crippen LogP contribution >= 0.6 is 0 Å². The number of nitrogens with one attached hydrogen (secondary N) is 1. The number of nitrogens with zero attached hydrogens (tertiary/aromatic N) is 1. The topological polar surface area (TPSA) is 51.2 Å². The van der Waals surface area contributed by atoms with Gasteiger partial charge in [-0.2, -0.15) is 0 Å². The van der Waals surface area contributed by atoms with Crippen molar-refractivity contribution in [2.45, 2.75) is 19.8 Å². The van der Waals surface area contributed by atoms with Crippen molar-refractivity contribution in [2.75, 3.05) is 13.2 Å². The molecule has 0 radical (unpaired) electrons. The number of alkyl carbamates (subject to hydrolysis) is 1. The van der Waals surface area contributed by atoms with Gasteiger partial charge in [0.05, 0.1) is 5.69 Å². The third-order valence-electron chi connectivity index (χ3n) is 5.24. The lowest BCUT2D eigenvalue weighted by Crippen LogP contribution is -2.26. The quantitative estimate of drug-likeness (QED) is 0.654. The molecule has 1 N–H and O–H groups in total. The van der Waals surface area contributed by atoms with Crippen LogP contribution < -0.4 is 5.32 Å². The van der Waals surface area contributed by atoms with E-state index in [2.05, 4.69) is 40.6 Å². The fourth-order valence-electron chi connectivity index (χ4n) is 3.86. The molecule has 0 aliphatic heterocycles. The molecule has 1 amide bonds. The van der Waals surface area contributed by atoms with Gasteiger partial charge < -0.3 is 10.1 Å². The number of pyridine rings is 1. The Hall–Kier alpha value is -3.40. The van der Waals surface area contributed by atoms with Crippen molar-refractivity contribution in [1.82, 2.24) is 10.3 Å². The Kier molecular flexibility index (Phi) is 5.43. The minimum absolute atomic E-state index is 0.0723. The van der Waals surface area contributed by atoms with Crippen LogP contribution in [0.25, 0.3) is 17.2 Å². The fraction of sp³-hybridized carbons (Fsp3) is 0.200. The smallest absolute Gasteiger partial charge is 0.407 e. The normalized spacial score (nSPS) is 12.6.